The highest BCUT2D eigenvalue weighted by Gasteiger charge is 2.18. The van der Waals surface area contributed by atoms with Gasteiger partial charge in [0.15, 0.2) is 0 Å². The zero-order valence-electron chi connectivity index (χ0n) is 6.75. The van der Waals surface area contributed by atoms with Crippen LogP contribution in [0, 0.1) is 0 Å². The first-order valence-corrected chi connectivity index (χ1v) is 4.95. The van der Waals surface area contributed by atoms with Gasteiger partial charge in [-0.15, -0.1) is 0 Å². The molecule has 12 heavy (non-hydrogen) atoms. The summed E-state index contributed by atoms with van der Waals surface area (Å²) in [5.74, 6) is 0. The SMILES string of the molecule is C1=CSC(C2CNCCO2)=CN1. The molecule has 1 fully saturated rings. The van der Waals surface area contributed by atoms with Gasteiger partial charge in [0.25, 0.3) is 0 Å². The molecule has 2 aliphatic heterocycles. The Balaban J connectivity index is 1.93. The number of morpholine rings is 1. The first kappa shape index (κ1) is 8.16. The van der Waals surface area contributed by atoms with Crippen molar-refractivity contribution in [2.75, 3.05) is 19.7 Å². The maximum atomic E-state index is 5.59. The summed E-state index contributed by atoms with van der Waals surface area (Å²) in [5, 5.41) is 8.40. The van der Waals surface area contributed by atoms with Gasteiger partial charge in [-0.2, -0.15) is 0 Å². The van der Waals surface area contributed by atoms with Crippen LogP contribution in [0.1, 0.15) is 0 Å². The third-order valence-corrected chi connectivity index (χ3v) is 2.76. The molecule has 0 bridgehead atoms. The Morgan fingerprint density at radius 1 is 1.58 bits per heavy atom. The van der Waals surface area contributed by atoms with E-state index >= 15 is 0 Å². The smallest absolute Gasteiger partial charge is 0.102 e. The summed E-state index contributed by atoms with van der Waals surface area (Å²) in [6, 6.07) is 0. The monoisotopic (exact) mass is 184 g/mol. The van der Waals surface area contributed by atoms with E-state index in [2.05, 4.69) is 10.6 Å². The van der Waals surface area contributed by atoms with E-state index in [4.69, 9.17) is 4.74 Å². The van der Waals surface area contributed by atoms with Gasteiger partial charge in [-0.05, 0) is 5.41 Å². The Hall–Kier alpha value is -0.450. The molecule has 0 spiro atoms. The lowest BCUT2D eigenvalue weighted by Gasteiger charge is -2.25. The molecular weight excluding hydrogens is 172 g/mol. The van der Waals surface area contributed by atoms with Crippen LogP contribution >= 0.6 is 11.8 Å². The first-order chi connectivity index (χ1) is 5.97. The largest absolute Gasteiger partial charge is 0.370 e. The summed E-state index contributed by atoms with van der Waals surface area (Å²) < 4.78 is 5.59. The number of hydrogen-bond donors (Lipinski definition) is 2. The lowest BCUT2D eigenvalue weighted by molar-refractivity contribution is 0.0566. The van der Waals surface area contributed by atoms with Crippen molar-refractivity contribution in [2.45, 2.75) is 6.10 Å². The molecule has 1 atom stereocenters. The highest BCUT2D eigenvalue weighted by molar-refractivity contribution is 8.05. The number of nitrogens with one attached hydrogen (secondary N) is 2. The maximum Gasteiger partial charge on any atom is 0.102 e. The van der Waals surface area contributed by atoms with Gasteiger partial charge in [0.2, 0.25) is 0 Å². The van der Waals surface area contributed by atoms with Gasteiger partial charge in [-0.3, -0.25) is 0 Å². The maximum absolute atomic E-state index is 5.59. The zero-order chi connectivity index (χ0) is 8.23. The molecule has 2 heterocycles. The van der Waals surface area contributed by atoms with Gasteiger partial charge < -0.3 is 15.4 Å². The van der Waals surface area contributed by atoms with Crippen molar-refractivity contribution in [1.82, 2.24) is 10.6 Å². The topological polar surface area (TPSA) is 33.3 Å². The highest BCUT2D eigenvalue weighted by Crippen LogP contribution is 2.24. The Morgan fingerprint density at radius 2 is 2.58 bits per heavy atom. The van der Waals surface area contributed by atoms with Crippen LogP contribution in [-0.2, 0) is 4.74 Å². The van der Waals surface area contributed by atoms with Crippen LogP contribution in [0.5, 0.6) is 0 Å². The summed E-state index contributed by atoms with van der Waals surface area (Å²) in [6.07, 6.45) is 4.16. The van der Waals surface area contributed by atoms with Crippen molar-refractivity contribution < 1.29 is 4.74 Å². The normalized spacial score (nSPS) is 29.3. The predicted molar refractivity (Wildman–Crippen MR) is 50.6 cm³/mol. The highest BCUT2D eigenvalue weighted by atomic mass is 32.2. The van der Waals surface area contributed by atoms with Crippen molar-refractivity contribution in [3.05, 3.63) is 22.7 Å². The van der Waals surface area contributed by atoms with Crippen molar-refractivity contribution in [3.8, 4) is 0 Å². The Labute approximate surface area is 76.2 Å². The fraction of sp³-hybridized carbons (Fsp3) is 0.500. The quantitative estimate of drug-likeness (QED) is 0.626. The summed E-state index contributed by atoms with van der Waals surface area (Å²) in [6.45, 7) is 2.71. The van der Waals surface area contributed by atoms with Crippen LogP contribution in [0.2, 0.25) is 0 Å². The van der Waals surface area contributed by atoms with Crippen molar-refractivity contribution >= 4 is 11.8 Å². The van der Waals surface area contributed by atoms with E-state index in [9.17, 15) is 0 Å². The molecule has 2 N–H and O–H groups in total. The fourth-order valence-corrected chi connectivity index (χ4v) is 1.98. The Morgan fingerprint density at radius 3 is 3.25 bits per heavy atom. The van der Waals surface area contributed by atoms with E-state index in [-0.39, 0.29) is 6.10 Å². The second kappa shape index (κ2) is 3.98. The minimum Gasteiger partial charge on any atom is -0.370 e. The standard InChI is InChI=1S/C8H12N2OS/c1-3-11-7(5-9-1)8-6-10-2-4-12-8/h2,4,6-7,9-10H,1,3,5H2. The minimum atomic E-state index is 0.237. The van der Waals surface area contributed by atoms with E-state index in [0.29, 0.717) is 0 Å². The van der Waals surface area contributed by atoms with Crippen molar-refractivity contribution in [1.29, 1.82) is 0 Å². The van der Waals surface area contributed by atoms with Crippen LogP contribution in [0.3, 0.4) is 0 Å². The summed E-state index contributed by atoms with van der Waals surface area (Å²) in [4.78, 5) is 1.25. The lowest BCUT2D eigenvalue weighted by atomic mass is 10.3. The second-order valence-electron chi connectivity index (χ2n) is 2.70. The molecule has 0 aromatic carbocycles. The number of hydrogen-bond acceptors (Lipinski definition) is 4. The lowest BCUT2D eigenvalue weighted by Crippen LogP contribution is -2.39. The summed E-state index contributed by atoms with van der Waals surface area (Å²) in [7, 11) is 0. The van der Waals surface area contributed by atoms with Gasteiger partial charge in [0, 0.05) is 30.4 Å². The summed E-state index contributed by atoms with van der Waals surface area (Å²) in [5.41, 5.74) is 0. The first-order valence-electron chi connectivity index (χ1n) is 4.07. The summed E-state index contributed by atoms with van der Waals surface area (Å²) >= 11 is 1.72. The van der Waals surface area contributed by atoms with E-state index in [1.807, 2.05) is 17.8 Å². The molecular formula is C8H12N2OS. The van der Waals surface area contributed by atoms with E-state index in [1.165, 1.54) is 4.91 Å². The molecule has 4 heteroatoms. The van der Waals surface area contributed by atoms with Gasteiger partial charge in [-0.25, -0.2) is 0 Å². The average Bonchev–Trinajstić information content (AvgIpc) is 2.21. The van der Waals surface area contributed by atoms with Gasteiger partial charge in [0.1, 0.15) is 6.10 Å². The van der Waals surface area contributed by atoms with Crippen LogP contribution in [0.15, 0.2) is 22.7 Å². The molecule has 0 aliphatic carbocycles. The molecule has 66 valence electrons. The van der Waals surface area contributed by atoms with Gasteiger partial charge in [-0.1, -0.05) is 11.8 Å². The van der Waals surface area contributed by atoms with Crippen LogP contribution in [0.25, 0.3) is 0 Å². The third-order valence-electron chi connectivity index (χ3n) is 1.84. The van der Waals surface area contributed by atoms with Crippen molar-refractivity contribution in [2.24, 2.45) is 0 Å². The Bertz CT molecular complexity index is 209. The molecule has 1 unspecified atom stereocenters. The second-order valence-corrected chi connectivity index (χ2v) is 3.68. The van der Waals surface area contributed by atoms with Gasteiger partial charge in [0.05, 0.1) is 6.61 Å². The number of thioether (sulfide) groups is 1. The molecule has 0 aromatic rings. The van der Waals surface area contributed by atoms with Gasteiger partial charge >= 0.3 is 0 Å². The molecule has 2 aliphatic rings. The van der Waals surface area contributed by atoms with Crippen molar-refractivity contribution in [3.63, 3.8) is 0 Å². The predicted octanol–water partition coefficient (Wildman–Crippen LogP) is 0.624. The molecule has 0 saturated carbocycles. The minimum absolute atomic E-state index is 0.237. The average molecular weight is 184 g/mol. The molecule has 0 radical (unpaired) electrons. The van der Waals surface area contributed by atoms with Crippen LogP contribution in [0.4, 0.5) is 0 Å². The third kappa shape index (κ3) is 1.83. The van der Waals surface area contributed by atoms with Crippen LogP contribution in [-0.4, -0.2) is 25.8 Å². The molecule has 3 nitrogen and oxygen atoms in total. The Kier molecular flexibility index (Phi) is 2.71. The van der Waals surface area contributed by atoms with Crippen LogP contribution < -0.4 is 10.6 Å². The number of rotatable bonds is 1. The van der Waals surface area contributed by atoms with E-state index < -0.39 is 0 Å². The van der Waals surface area contributed by atoms with E-state index in [1.54, 1.807) is 11.8 Å². The van der Waals surface area contributed by atoms with E-state index in [0.717, 1.165) is 19.7 Å². The zero-order valence-corrected chi connectivity index (χ0v) is 7.56. The fourth-order valence-electron chi connectivity index (χ4n) is 1.23. The molecule has 2 rings (SSSR count). The molecule has 0 amide bonds. The molecule has 1 saturated heterocycles. The molecule has 0 aromatic heterocycles. The number of ether oxygens (including phenoxy) is 1.